The van der Waals surface area contributed by atoms with E-state index in [0.29, 0.717) is 18.6 Å². The van der Waals surface area contributed by atoms with Gasteiger partial charge in [0.15, 0.2) is 0 Å². The van der Waals surface area contributed by atoms with Gasteiger partial charge in [-0.05, 0) is 18.1 Å². The Morgan fingerprint density at radius 2 is 1.88 bits per heavy atom. The summed E-state index contributed by atoms with van der Waals surface area (Å²) < 4.78 is 27.4. The molecular formula is C16H14F2N2O4. The fraction of sp³-hybridized carbons (Fsp3) is 0.188. The van der Waals surface area contributed by atoms with Gasteiger partial charge in [0, 0.05) is 0 Å². The molecule has 1 amide bonds. The van der Waals surface area contributed by atoms with Gasteiger partial charge in [-0.15, -0.1) is 0 Å². The first-order valence-corrected chi connectivity index (χ1v) is 7.01. The van der Waals surface area contributed by atoms with Gasteiger partial charge in [-0.2, -0.15) is 4.39 Å². The van der Waals surface area contributed by atoms with E-state index < -0.39 is 46.4 Å². The molecule has 0 aliphatic carbocycles. The lowest BCUT2D eigenvalue weighted by Crippen LogP contribution is -2.39. The van der Waals surface area contributed by atoms with Crippen LogP contribution < -0.4 is 5.32 Å². The van der Waals surface area contributed by atoms with Gasteiger partial charge in [0.05, 0.1) is 29.2 Å². The van der Waals surface area contributed by atoms with E-state index in [1.807, 2.05) is 6.07 Å². The molecule has 1 atom stereocenters. The lowest BCUT2D eigenvalue weighted by atomic mass is 10.1. The van der Waals surface area contributed by atoms with Crippen LogP contribution in [-0.4, -0.2) is 28.6 Å². The molecule has 8 heteroatoms. The summed E-state index contributed by atoms with van der Waals surface area (Å²) in [7, 11) is 0. The number of benzene rings is 2. The Kier molecular flexibility index (Phi) is 5.54. The number of aliphatic hydroxyl groups is 1. The van der Waals surface area contributed by atoms with E-state index in [9.17, 15) is 28.8 Å². The average Bonchev–Trinajstić information content (AvgIpc) is 2.56. The number of hydrogen-bond acceptors (Lipinski definition) is 4. The summed E-state index contributed by atoms with van der Waals surface area (Å²) in [5.74, 6) is -3.48. The monoisotopic (exact) mass is 336 g/mol. The summed E-state index contributed by atoms with van der Waals surface area (Å²) in [4.78, 5) is 21.5. The third kappa shape index (κ3) is 4.11. The second-order valence-electron chi connectivity index (χ2n) is 5.08. The van der Waals surface area contributed by atoms with Crippen LogP contribution in [0.4, 0.5) is 14.5 Å². The number of rotatable bonds is 6. The van der Waals surface area contributed by atoms with Gasteiger partial charge < -0.3 is 10.4 Å². The van der Waals surface area contributed by atoms with Gasteiger partial charge >= 0.3 is 5.69 Å². The second-order valence-corrected chi connectivity index (χ2v) is 5.08. The van der Waals surface area contributed by atoms with Gasteiger partial charge in [-0.3, -0.25) is 14.9 Å². The summed E-state index contributed by atoms with van der Waals surface area (Å²) >= 11 is 0. The van der Waals surface area contributed by atoms with Crippen molar-refractivity contribution in [2.24, 2.45) is 0 Å². The molecular weight excluding hydrogens is 322 g/mol. The van der Waals surface area contributed by atoms with E-state index in [1.165, 1.54) is 0 Å². The van der Waals surface area contributed by atoms with E-state index in [1.54, 1.807) is 24.3 Å². The minimum atomic E-state index is -1.31. The van der Waals surface area contributed by atoms with Crippen LogP contribution in [-0.2, 0) is 6.42 Å². The molecule has 126 valence electrons. The molecule has 0 aliphatic rings. The summed E-state index contributed by atoms with van der Waals surface area (Å²) in [6, 6.07) is 9.09. The number of nitrogens with one attached hydrogen (secondary N) is 1. The summed E-state index contributed by atoms with van der Waals surface area (Å²) in [5.41, 5.74) is -0.871. The number of nitro groups is 1. The fourth-order valence-electron chi connectivity index (χ4n) is 2.17. The standard InChI is InChI=1S/C16H14F2N2O4/c17-13-8-15(20(23)24)14(18)7-12(13)16(22)19-11(9-21)6-10-4-2-1-3-5-10/h1-5,7-8,11,21H,6,9H2,(H,19,22). The van der Waals surface area contributed by atoms with Crippen LogP contribution >= 0.6 is 0 Å². The van der Waals surface area contributed by atoms with Gasteiger partial charge in [0.2, 0.25) is 5.82 Å². The lowest BCUT2D eigenvalue weighted by molar-refractivity contribution is -0.387. The first kappa shape index (κ1) is 17.5. The number of aliphatic hydroxyl groups excluding tert-OH is 1. The Hall–Kier alpha value is -2.87. The molecule has 2 rings (SSSR count). The molecule has 0 saturated carbocycles. The van der Waals surface area contributed by atoms with Crippen molar-refractivity contribution < 1.29 is 23.6 Å². The smallest absolute Gasteiger partial charge is 0.307 e. The van der Waals surface area contributed by atoms with Crippen LogP contribution in [0.1, 0.15) is 15.9 Å². The normalized spacial score (nSPS) is 11.8. The molecule has 0 bridgehead atoms. The molecule has 0 aromatic heterocycles. The van der Waals surface area contributed by atoms with Crippen LogP contribution in [0.5, 0.6) is 0 Å². The first-order chi connectivity index (χ1) is 11.4. The molecule has 2 aromatic carbocycles. The Bertz CT molecular complexity index is 753. The highest BCUT2D eigenvalue weighted by atomic mass is 19.1. The number of carbonyl (C=O) groups excluding carboxylic acids is 1. The van der Waals surface area contributed by atoms with E-state index in [2.05, 4.69) is 5.32 Å². The predicted octanol–water partition coefficient (Wildman–Crippen LogP) is 2.21. The molecule has 0 aliphatic heterocycles. The number of nitrogens with zero attached hydrogens (tertiary/aromatic N) is 1. The zero-order valence-electron chi connectivity index (χ0n) is 12.4. The highest BCUT2D eigenvalue weighted by Gasteiger charge is 2.23. The zero-order valence-corrected chi connectivity index (χ0v) is 12.4. The van der Waals surface area contributed by atoms with Crippen LogP contribution in [0.15, 0.2) is 42.5 Å². The van der Waals surface area contributed by atoms with Gasteiger partial charge in [-0.25, -0.2) is 4.39 Å². The van der Waals surface area contributed by atoms with Crippen molar-refractivity contribution in [3.63, 3.8) is 0 Å². The maximum absolute atomic E-state index is 13.8. The summed E-state index contributed by atoms with van der Waals surface area (Å²) in [5, 5.41) is 22.3. The molecule has 1 unspecified atom stereocenters. The topological polar surface area (TPSA) is 92.5 Å². The first-order valence-electron chi connectivity index (χ1n) is 7.01. The average molecular weight is 336 g/mol. The Balaban J connectivity index is 2.16. The molecule has 0 radical (unpaired) electrons. The van der Waals surface area contributed by atoms with E-state index >= 15 is 0 Å². The van der Waals surface area contributed by atoms with Crippen molar-refractivity contribution in [1.82, 2.24) is 5.32 Å². The zero-order chi connectivity index (χ0) is 17.7. The lowest BCUT2D eigenvalue weighted by Gasteiger charge is -2.16. The summed E-state index contributed by atoms with van der Waals surface area (Å²) in [6.45, 7) is -0.405. The van der Waals surface area contributed by atoms with Gasteiger partial charge in [-0.1, -0.05) is 30.3 Å². The molecule has 6 nitrogen and oxygen atoms in total. The number of amides is 1. The molecule has 0 saturated heterocycles. The molecule has 0 heterocycles. The molecule has 0 spiro atoms. The van der Waals surface area contributed by atoms with Crippen LogP contribution in [0.25, 0.3) is 0 Å². The van der Waals surface area contributed by atoms with Gasteiger partial charge in [0.25, 0.3) is 5.91 Å². The van der Waals surface area contributed by atoms with Crippen LogP contribution in [0.3, 0.4) is 0 Å². The van der Waals surface area contributed by atoms with Crippen LogP contribution in [0.2, 0.25) is 0 Å². The third-order valence-corrected chi connectivity index (χ3v) is 3.36. The maximum Gasteiger partial charge on any atom is 0.307 e. The Morgan fingerprint density at radius 1 is 1.21 bits per heavy atom. The largest absolute Gasteiger partial charge is 0.394 e. The van der Waals surface area contributed by atoms with E-state index in [-0.39, 0.29) is 0 Å². The maximum atomic E-state index is 13.8. The van der Waals surface area contributed by atoms with Crippen molar-refractivity contribution >= 4 is 11.6 Å². The fourth-order valence-corrected chi connectivity index (χ4v) is 2.17. The van der Waals surface area contributed by atoms with Crippen molar-refractivity contribution in [3.8, 4) is 0 Å². The number of carbonyl (C=O) groups is 1. The van der Waals surface area contributed by atoms with Crippen LogP contribution in [0, 0.1) is 21.7 Å². The molecule has 2 aromatic rings. The molecule has 2 N–H and O–H groups in total. The number of nitro benzene ring substituents is 1. The predicted molar refractivity (Wildman–Crippen MR) is 81.5 cm³/mol. The van der Waals surface area contributed by atoms with Crippen molar-refractivity contribution in [1.29, 1.82) is 0 Å². The minimum absolute atomic E-state index is 0.292. The van der Waals surface area contributed by atoms with Crippen molar-refractivity contribution in [2.45, 2.75) is 12.5 Å². The third-order valence-electron chi connectivity index (χ3n) is 3.36. The number of halogens is 2. The van der Waals surface area contributed by atoms with Gasteiger partial charge in [0.1, 0.15) is 5.82 Å². The quantitative estimate of drug-likeness (QED) is 0.625. The van der Waals surface area contributed by atoms with Crippen molar-refractivity contribution in [3.05, 3.63) is 75.3 Å². The minimum Gasteiger partial charge on any atom is -0.394 e. The Morgan fingerprint density at radius 3 is 2.46 bits per heavy atom. The SMILES string of the molecule is O=C(NC(CO)Cc1ccccc1)c1cc(F)c([N+](=O)[O-])cc1F. The van der Waals surface area contributed by atoms with E-state index in [4.69, 9.17) is 0 Å². The second kappa shape index (κ2) is 7.60. The highest BCUT2D eigenvalue weighted by Crippen LogP contribution is 2.21. The number of hydrogen-bond donors (Lipinski definition) is 2. The molecule has 24 heavy (non-hydrogen) atoms. The van der Waals surface area contributed by atoms with Crippen molar-refractivity contribution in [2.75, 3.05) is 6.61 Å². The Labute approximate surface area is 135 Å². The highest BCUT2D eigenvalue weighted by molar-refractivity contribution is 5.95. The van der Waals surface area contributed by atoms with E-state index in [0.717, 1.165) is 5.56 Å². The molecule has 0 fully saturated rings. The summed E-state index contributed by atoms with van der Waals surface area (Å²) in [6.07, 6.45) is 0.292.